The molecule has 0 N–H and O–H groups in total. The van der Waals surface area contributed by atoms with E-state index in [4.69, 9.17) is 4.74 Å². The van der Waals surface area contributed by atoms with Crippen LogP contribution in [0.5, 0.6) is 5.75 Å². The second-order valence-electron chi connectivity index (χ2n) is 6.09. The Kier molecular flexibility index (Phi) is 3.80. The number of rotatable bonds is 4. The number of aromatic nitrogens is 6. The summed E-state index contributed by atoms with van der Waals surface area (Å²) in [5, 5.41) is 4.19. The number of aryl methyl sites for hydroxylation is 2. The van der Waals surface area contributed by atoms with Gasteiger partial charge in [0.15, 0.2) is 0 Å². The van der Waals surface area contributed by atoms with Crippen LogP contribution in [-0.2, 0) is 14.1 Å². The Morgan fingerprint density at radius 2 is 1.88 bits per heavy atom. The van der Waals surface area contributed by atoms with Gasteiger partial charge in [-0.3, -0.25) is 9.67 Å². The molecule has 0 atom stereocenters. The largest absolute Gasteiger partial charge is 0.494 e. The minimum absolute atomic E-state index is 0.716. The molecule has 4 heterocycles. The highest BCUT2D eigenvalue weighted by Crippen LogP contribution is 2.34. The molecular formula is C18H19N7O. The first kappa shape index (κ1) is 16.1. The predicted molar refractivity (Wildman–Crippen MR) is 99.6 cm³/mol. The lowest BCUT2D eigenvalue weighted by Crippen LogP contribution is -2.13. The lowest BCUT2D eigenvalue weighted by atomic mass is 10.2. The predicted octanol–water partition coefficient (Wildman–Crippen LogP) is 2.54. The van der Waals surface area contributed by atoms with E-state index >= 15 is 0 Å². The van der Waals surface area contributed by atoms with Gasteiger partial charge in [-0.15, -0.1) is 0 Å². The van der Waals surface area contributed by atoms with Gasteiger partial charge in [0.25, 0.3) is 0 Å². The van der Waals surface area contributed by atoms with Gasteiger partial charge in [-0.05, 0) is 0 Å². The number of fused-ring (bicyclic) bond motifs is 1. The average Bonchev–Trinajstić information content (AvgIpc) is 3.26. The summed E-state index contributed by atoms with van der Waals surface area (Å²) in [6.07, 6.45) is 9.04. The third kappa shape index (κ3) is 2.65. The molecule has 0 unspecified atom stereocenters. The summed E-state index contributed by atoms with van der Waals surface area (Å²) in [7, 11) is 7.43. The van der Waals surface area contributed by atoms with Gasteiger partial charge in [-0.2, -0.15) is 5.10 Å². The number of ether oxygens (including phenoxy) is 1. The molecule has 26 heavy (non-hydrogen) atoms. The molecule has 0 saturated carbocycles. The van der Waals surface area contributed by atoms with Crippen LogP contribution >= 0.6 is 0 Å². The SMILES string of the molecule is COc1cc(-c2cnn(C)c2)ncc1N(C)c1cc2c(cn1)ncn2C. The fourth-order valence-electron chi connectivity index (χ4n) is 2.88. The molecule has 0 aliphatic carbocycles. The van der Waals surface area contributed by atoms with Crippen molar-refractivity contribution in [1.29, 1.82) is 0 Å². The highest BCUT2D eigenvalue weighted by atomic mass is 16.5. The summed E-state index contributed by atoms with van der Waals surface area (Å²) < 4.78 is 9.31. The molecule has 132 valence electrons. The van der Waals surface area contributed by atoms with Crippen LogP contribution in [0.3, 0.4) is 0 Å². The number of pyridine rings is 2. The van der Waals surface area contributed by atoms with E-state index < -0.39 is 0 Å². The van der Waals surface area contributed by atoms with Crippen molar-refractivity contribution in [2.45, 2.75) is 0 Å². The zero-order valence-electron chi connectivity index (χ0n) is 15.1. The van der Waals surface area contributed by atoms with Crippen molar-refractivity contribution in [3.05, 3.63) is 43.2 Å². The van der Waals surface area contributed by atoms with Gasteiger partial charge in [0, 0.05) is 45.0 Å². The molecule has 4 rings (SSSR count). The number of anilines is 2. The van der Waals surface area contributed by atoms with Crippen LogP contribution in [0.2, 0.25) is 0 Å². The molecule has 0 aliphatic heterocycles. The number of nitrogens with zero attached hydrogens (tertiary/aromatic N) is 7. The Balaban J connectivity index is 1.74. The van der Waals surface area contributed by atoms with Crippen molar-refractivity contribution in [3.63, 3.8) is 0 Å². The topological polar surface area (TPSA) is 73.9 Å². The summed E-state index contributed by atoms with van der Waals surface area (Å²) in [5.41, 5.74) is 4.45. The van der Waals surface area contributed by atoms with E-state index in [2.05, 4.69) is 20.1 Å². The van der Waals surface area contributed by atoms with Gasteiger partial charge in [0.2, 0.25) is 0 Å². The highest BCUT2D eigenvalue weighted by molar-refractivity contribution is 5.79. The quantitative estimate of drug-likeness (QED) is 0.564. The summed E-state index contributed by atoms with van der Waals surface area (Å²) in [6.45, 7) is 0. The first-order chi connectivity index (χ1) is 12.6. The monoisotopic (exact) mass is 349 g/mol. The molecule has 0 aliphatic rings. The fourth-order valence-corrected chi connectivity index (χ4v) is 2.88. The maximum atomic E-state index is 5.60. The Bertz CT molecular complexity index is 1080. The van der Waals surface area contributed by atoms with Crippen LogP contribution in [-0.4, -0.2) is 43.5 Å². The Labute approximate surface area is 150 Å². The van der Waals surface area contributed by atoms with Gasteiger partial charge >= 0.3 is 0 Å². The van der Waals surface area contributed by atoms with Gasteiger partial charge in [0.05, 0.1) is 43.2 Å². The van der Waals surface area contributed by atoms with Crippen LogP contribution in [0.1, 0.15) is 0 Å². The number of methoxy groups -OCH3 is 1. The van der Waals surface area contributed by atoms with Crippen molar-refractivity contribution in [1.82, 2.24) is 29.3 Å². The van der Waals surface area contributed by atoms with E-state index in [-0.39, 0.29) is 0 Å². The standard InChI is InChI=1S/C18H19N7O/c1-23-11-21-14-8-20-18(6-15(14)23)25(3)16-9-19-13(5-17(16)26-4)12-7-22-24(2)10-12/h5-11H,1-4H3. The van der Waals surface area contributed by atoms with Crippen LogP contribution in [0, 0.1) is 0 Å². The Hall–Kier alpha value is -3.42. The van der Waals surface area contributed by atoms with Crippen molar-refractivity contribution in [2.75, 3.05) is 19.1 Å². The number of hydrogen-bond donors (Lipinski definition) is 0. The van der Waals surface area contributed by atoms with Crippen LogP contribution < -0.4 is 9.64 Å². The Morgan fingerprint density at radius 1 is 1.04 bits per heavy atom. The van der Waals surface area contributed by atoms with E-state index in [9.17, 15) is 0 Å². The van der Waals surface area contributed by atoms with Crippen molar-refractivity contribution in [3.8, 4) is 17.0 Å². The van der Waals surface area contributed by atoms with Crippen LogP contribution in [0.15, 0.2) is 43.2 Å². The molecule has 0 saturated heterocycles. The van der Waals surface area contributed by atoms with E-state index in [0.717, 1.165) is 33.8 Å². The molecule has 0 spiro atoms. The smallest absolute Gasteiger partial charge is 0.146 e. The molecule has 0 fully saturated rings. The average molecular weight is 349 g/mol. The minimum atomic E-state index is 0.716. The second-order valence-corrected chi connectivity index (χ2v) is 6.09. The lowest BCUT2D eigenvalue weighted by molar-refractivity contribution is 0.415. The van der Waals surface area contributed by atoms with E-state index in [1.165, 1.54) is 0 Å². The summed E-state index contributed by atoms with van der Waals surface area (Å²) >= 11 is 0. The van der Waals surface area contributed by atoms with Crippen molar-refractivity contribution < 1.29 is 4.74 Å². The normalized spacial score (nSPS) is 11.1. The summed E-state index contributed by atoms with van der Waals surface area (Å²) in [4.78, 5) is 15.3. The van der Waals surface area contributed by atoms with E-state index in [1.807, 2.05) is 48.9 Å². The fraction of sp³-hybridized carbons (Fsp3) is 0.222. The van der Waals surface area contributed by atoms with Gasteiger partial charge in [0.1, 0.15) is 22.8 Å². The van der Waals surface area contributed by atoms with Crippen LogP contribution in [0.25, 0.3) is 22.3 Å². The van der Waals surface area contributed by atoms with E-state index in [1.54, 1.807) is 36.7 Å². The van der Waals surface area contributed by atoms with Crippen LogP contribution in [0.4, 0.5) is 11.5 Å². The van der Waals surface area contributed by atoms with Crippen molar-refractivity contribution in [2.24, 2.45) is 14.1 Å². The zero-order chi connectivity index (χ0) is 18.3. The number of hydrogen-bond acceptors (Lipinski definition) is 6. The maximum Gasteiger partial charge on any atom is 0.146 e. The van der Waals surface area contributed by atoms with Gasteiger partial charge in [-0.25, -0.2) is 9.97 Å². The Morgan fingerprint density at radius 3 is 2.62 bits per heavy atom. The zero-order valence-corrected chi connectivity index (χ0v) is 15.1. The van der Waals surface area contributed by atoms with Crippen molar-refractivity contribution >= 4 is 22.5 Å². The van der Waals surface area contributed by atoms with Gasteiger partial charge < -0.3 is 14.2 Å². The molecule has 8 nitrogen and oxygen atoms in total. The molecule has 0 radical (unpaired) electrons. The van der Waals surface area contributed by atoms with Gasteiger partial charge in [-0.1, -0.05) is 0 Å². The van der Waals surface area contributed by atoms with E-state index in [0.29, 0.717) is 5.75 Å². The first-order valence-electron chi connectivity index (χ1n) is 8.10. The molecule has 8 heteroatoms. The molecule has 4 aromatic rings. The lowest BCUT2D eigenvalue weighted by Gasteiger charge is -2.21. The molecule has 0 amide bonds. The highest BCUT2D eigenvalue weighted by Gasteiger charge is 2.15. The summed E-state index contributed by atoms with van der Waals surface area (Å²) in [6, 6.07) is 3.91. The minimum Gasteiger partial charge on any atom is -0.494 e. The third-order valence-corrected chi connectivity index (χ3v) is 4.37. The second kappa shape index (κ2) is 6.14. The molecule has 4 aromatic heterocycles. The number of imidazole rings is 1. The maximum absolute atomic E-state index is 5.60. The molecule has 0 bridgehead atoms. The summed E-state index contributed by atoms with van der Waals surface area (Å²) in [5.74, 6) is 1.50. The third-order valence-electron chi connectivity index (χ3n) is 4.37. The first-order valence-corrected chi connectivity index (χ1v) is 8.10. The molecule has 0 aromatic carbocycles. The molecular weight excluding hydrogens is 330 g/mol.